The number of carbonyl (C=O) groups is 5. The molecule has 1 unspecified atom stereocenters. The van der Waals surface area contributed by atoms with Crippen LogP contribution in [0.4, 0.5) is 0 Å². The van der Waals surface area contributed by atoms with Gasteiger partial charge in [-0.3, -0.25) is 24.0 Å². The normalized spacial score (nSPS) is 20.5. The number of likely N-dealkylation sites (tertiary alicyclic amines) is 1. The number of carbonyl (C=O) groups excluding carboxylic acids is 5. The number of fused-ring (bicyclic) bond motifs is 1. The number of hydrogen-bond donors (Lipinski definition) is 7. The van der Waals surface area contributed by atoms with E-state index in [-0.39, 0.29) is 30.8 Å². The second-order valence-electron chi connectivity index (χ2n) is 18.4. The molecular formula is C49H72N8O5. The van der Waals surface area contributed by atoms with Crippen molar-refractivity contribution in [2.45, 2.75) is 151 Å². The molecule has 1 saturated heterocycles. The maximum absolute atomic E-state index is 15.9. The summed E-state index contributed by atoms with van der Waals surface area (Å²) in [7, 11) is 1.72. The van der Waals surface area contributed by atoms with E-state index in [0.717, 1.165) is 68.9 Å². The predicted molar refractivity (Wildman–Crippen MR) is 244 cm³/mol. The predicted octanol–water partition coefficient (Wildman–Crippen LogP) is 4.69. The minimum atomic E-state index is -1.95. The lowest BCUT2D eigenvalue weighted by Crippen LogP contribution is -2.63. The molecule has 10 N–H and O–H groups in total. The van der Waals surface area contributed by atoms with Crippen LogP contribution >= 0.6 is 0 Å². The summed E-state index contributed by atoms with van der Waals surface area (Å²) in [6, 6.07) is 12.8. The van der Waals surface area contributed by atoms with Gasteiger partial charge in [-0.15, -0.1) is 0 Å². The van der Waals surface area contributed by atoms with Gasteiger partial charge in [-0.25, -0.2) is 0 Å². The van der Waals surface area contributed by atoms with Crippen LogP contribution in [0, 0.1) is 11.8 Å². The molecule has 1 aromatic heterocycles. The summed E-state index contributed by atoms with van der Waals surface area (Å²) in [5.74, 6) is -1.50. The maximum atomic E-state index is 15.9. The van der Waals surface area contributed by atoms with Crippen molar-refractivity contribution in [3.8, 4) is 0 Å². The number of nitrogens with two attached hydrogens (primary N) is 3. The zero-order valence-corrected chi connectivity index (χ0v) is 36.9. The molecule has 62 heavy (non-hydrogen) atoms. The molecule has 0 radical (unpaired) electrons. The van der Waals surface area contributed by atoms with Crippen molar-refractivity contribution < 1.29 is 24.0 Å². The Balaban J connectivity index is 1.35. The number of rotatable bonds is 22. The third-order valence-electron chi connectivity index (χ3n) is 14.1. The van der Waals surface area contributed by atoms with Crippen LogP contribution in [0.3, 0.4) is 0 Å². The number of unbranched alkanes of at least 4 members (excludes halogenated alkanes) is 1. The third-order valence-corrected chi connectivity index (χ3v) is 14.1. The lowest BCUT2D eigenvalue weighted by atomic mass is 9.67. The van der Waals surface area contributed by atoms with Crippen molar-refractivity contribution in [1.82, 2.24) is 25.8 Å². The lowest BCUT2D eigenvalue weighted by Gasteiger charge is -2.39. The summed E-state index contributed by atoms with van der Waals surface area (Å²) >= 11 is 0. The van der Waals surface area contributed by atoms with E-state index in [4.69, 9.17) is 17.2 Å². The topological polar surface area (TPSA) is 219 Å². The summed E-state index contributed by atoms with van der Waals surface area (Å²) in [6.45, 7) is 0.350. The molecule has 3 aliphatic rings. The molecule has 6 rings (SSSR count). The number of aromatic nitrogens is 1. The van der Waals surface area contributed by atoms with Gasteiger partial charge in [0.15, 0.2) is 11.6 Å². The summed E-state index contributed by atoms with van der Waals surface area (Å²) < 4.78 is 0. The lowest BCUT2D eigenvalue weighted by molar-refractivity contribution is -0.146. The molecule has 3 fully saturated rings. The first-order valence-electron chi connectivity index (χ1n) is 23.5. The summed E-state index contributed by atoms with van der Waals surface area (Å²) in [4.78, 5) is 79.2. The van der Waals surface area contributed by atoms with Crippen LogP contribution in [-0.2, 0) is 35.8 Å². The number of para-hydroxylation sites is 1. The van der Waals surface area contributed by atoms with Crippen LogP contribution in [0.5, 0.6) is 0 Å². The first-order valence-corrected chi connectivity index (χ1v) is 23.5. The van der Waals surface area contributed by atoms with Crippen molar-refractivity contribution in [3.63, 3.8) is 0 Å². The molecule has 1 aliphatic heterocycles. The first kappa shape index (κ1) is 47.1. The van der Waals surface area contributed by atoms with Gasteiger partial charge in [-0.1, -0.05) is 113 Å². The Bertz CT molecular complexity index is 1940. The van der Waals surface area contributed by atoms with Crippen LogP contribution in [0.15, 0.2) is 60.8 Å². The Morgan fingerprint density at radius 2 is 1.42 bits per heavy atom. The fourth-order valence-corrected chi connectivity index (χ4v) is 10.5. The second-order valence-corrected chi connectivity index (χ2v) is 18.4. The first-order chi connectivity index (χ1) is 30.1. The molecular weight excluding hydrogens is 781 g/mol. The second kappa shape index (κ2) is 22.8. The van der Waals surface area contributed by atoms with Gasteiger partial charge < -0.3 is 43.0 Å². The Labute approximate surface area is 367 Å². The van der Waals surface area contributed by atoms with Crippen LogP contribution in [-0.4, -0.2) is 96.1 Å². The fraction of sp³-hybridized carbons (Fsp3) is 0.612. The highest BCUT2D eigenvalue weighted by Gasteiger charge is 2.55. The van der Waals surface area contributed by atoms with Crippen LogP contribution in [0.25, 0.3) is 10.9 Å². The SMILES string of the molecule is CN[C@@H](Cc1ccccc1)C(=O)N[C@@H](CCCCN)C(=O)N1CCC[C@H]1C(=O)C(CNC(=O)[C@@H](N)CC1CCCCC1)(C(=O)[C@H](N)CC1CCCCC1)c1c[nH]c2ccccc12. The van der Waals surface area contributed by atoms with Crippen molar-refractivity contribution in [1.29, 1.82) is 0 Å². The number of hydrogen-bond acceptors (Lipinski definition) is 9. The smallest absolute Gasteiger partial charge is 0.245 e. The molecule has 13 heteroatoms. The maximum Gasteiger partial charge on any atom is 0.245 e. The highest BCUT2D eigenvalue weighted by Crippen LogP contribution is 2.39. The van der Waals surface area contributed by atoms with Crippen LogP contribution < -0.4 is 33.2 Å². The number of nitrogens with zero attached hydrogens (tertiary/aromatic N) is 1. The van der Waals surface area contributed by atoms with Crippen molar-refractivity contribution in [2.75, 3.05) is 26.7 Å². The van der Waals surface area contributed by atoms with E-state index in [1.807, 2.05) is 54.6 Å². The van der Waals surface area contributed by atoms with E-state index >= 15 is 9.59 Å². The van der Waals surface area contributed by atoms with Gasteiger partial charge in [-0.05, 0) is 88.4 Å². The van der Waals surface area contributed by atoms with Crippen LogP contribution in [0.1, 0.15) is 120 Å². The Morgan fingerprint density at radius 3 is 2.08 bits per heavy atom. The minimum absolute atomic E-state index is 0.239. The molecule has 2 saturated carbocycles. The number of aromatic amines is 1. The molecule has 2 aromatic carbocycles. The summed E-state index contributed by atoms with van der Waals surface area (Å²) in [5, 5.41) is 9.83. The molecule has 0 bridgehead atoms. The zero-order chi connectivity index (χ0) is 44.1. The summed E-state index contributed by atoms with van der Waals surface area (Å²) in [5.41, 5.74) is 19.6. The fourth-order valence-electron chi connectivity index (χ4n) is 10.5. The largest absolute Gasteiger partial charge is 0.361 e. The standard InChI is InChI=1S/C49H72N8O5/c1-53-42(30-35-20-9-4-10-21-35)47(61)56-41(24-13-14-26-50)48(62)57-27-15-25-43(57)45(59)49(37-31-54-40-23-12-11-22-36(37)40,44(58)38(51)28-33-16-5-2-6-17-33)32-55-46(60)39(52)29-34-18-7-3-8-19-34/h4,9-12,20-23,31,33-34,38-39,41-43,53-54H,2-3,5-8,13-19,24-30,32,50-52H2,1H3,(H,55,60)(H,56,61)/t38-,39+,41+,42+,43+,49?/m1/s1. The number of benzene rings is 2. The van der Waals surface area contributed by atoms with Crippen molar-refractivity contribution in [3.05, 3.63) is 71.9 Å². The molecule has 2 heterocycles. The van der Waals surface area contributed by atoms with E-state index in [0.29, 0.717) is 74.8 Å². The van der Waals surface area contributed by atoms with E-state index in [9.17, 15) is 14.4 Å². The van der Waals surface area contributed by atoms with Gasteiger partial charge in [0.25, 0.3) is 0 Å². The van der Waals surface area contributed by atoms with Gasteiger partial charge in [0.1, 0.15) is 11.5 Å². The number of nitrogens with one attached hydrogen (secondary N) is 4. The Hall–Kier alpha value is -4.43. The van der Waals surface area contributed by atoms with E-state index in [2.05, 4.69) is 20.9 Å². The number of likely N-dealkylation sites (N-methyl/N-ethyl adjacent to an activating group) is 1. The Morgan fingerprint density at radius 1 is 0.774 bits per heavy atom. The average Bonchev–Trinajstić information content (AvgIpc) is 3.97. The molecule has 3 aromatic rings. The number of Topliss-reactive ketones (excluding diaryl/α,β-unsaturated/α-hetero) is 2. The highest BCUT2D eigenvalue weighted by atomic mass is 16.2. The molecule has 3 amide bonds. The average molecular weight is 853 g/mol. The van der Waals surface area contributed by atoms with Gasteiger partial charge in [-0.2, -0.15) is 0 Å². The van der Waals surface area contributed by atoms with E-state index in [1.165, 1.54) is 6.42 Å². The zero-order valence-electron chi connectivity index (χ0n) is 36.9. The Kier molecular flexibility index (Phi) is 17.3. The van der Waals surface area contributed by atoms with E-state index in [1.54, 1.807) is 18.1 Å². The van der Waals surface area contributed by atoms with Gasteiger partial charge in [0, 0.05) is 35.8 Å². The number of H-pyrrole nitrogens is 1. The van der Waals surface area contributed by atoms with Crippen molar-refractivity contribution >= 4 is 40.2 Å². The van der Waals surface area contributed by atoms with Gasteiger partial charge >= 0.3 is 0 Å². The third kappa shape index (κ3) is 11.4. The quantitative estimate of drug-likeness (QED) is 0.0550. The molecule has 2 aliphatic carbocycles. The van der Waals surface area contributed by atoms with Gasteiger partial charge in [0.05, 0.1) is 24.2 Å². The number of amides is 3. The minimum Gasteiger partial charge on any atom is -0.361 e. The van der Waals surface area contributed by atoms with Crippen molar-refractivity contribution in [2.24, 2.45) is 29.0 Å². The molecule has 0 spiro atoms. The van der Waals surface area contributed by atoms with Crippen LogP contribution in [0.2, 0.25) is 0 Å². The summed E-state index contributed by atoms with van der Waals surface area (Å²) in [6.07, 6.45) is 16.1. The molecule has 13 nitrogen and oxygen atoms in total. The monoisotopic (exact) mass is 853 g/mol. The number of ketones is 2. The highest BCUT2D eigenvalue weighted by molar-refractivity contribution is 6.19. The van der Waals surface area contributed by atoms with E-state index < -0.39 is 53.1 Å². The molecule has 338 valence electrons. The van der Waals surface area contributed by atoms with Gasteiger partial charge in [0.2, 0.25) is 17.7 Å². The molecule has 6 atom stereocenters.